The second kappa shape index (κ2) is 10.9. The molecule has 46 heavy (non-hydrogen) atoms. The number of hydrogen-bond acceptors (Lipinski definition) is 7. The van der Waals surface area contributed by atoms with Crippen LogP contribution in [0.15, 0.2) is 53.0 Å². The molecule has 2 aromatic carbocycles. The lowest BCUT2D eigenvalue weighted by Gasteiger charge is -2.56. The monoisotopic (exact) mass is 626 g/mol. The topological polar surface area (TPSA) is 132 Å². The molecule has 0 unspecified atom stereocenters. The van der Waals surface area contributed by atoms with Gasteiger partial charge in [-0.1, -0.05) is 71.7 Å². The van der Waals surface area contributed by atoms with Crippen molar-refractivity contribution in [3.63, 3.8) is 0 Å². The number of carbonyl (C=O) groups excluding carboxylic acids is 3. The summed E-state index contributed by atoms with van der Waals surface area (Å²) in [5.41, 5.74) is -1.48. The lowest BCUT2D eigenvalue weighted by Crippen LogP contribution is -2.63. The van der Waals surface area contributed by atoms with E-state index in [-0.39, 0.29) is 42.1 Å². The Labute approximate surface area is 271 Å². The number of aliphatic hydroxyl groups is 3. The maximum Gasteiger partial charge on any atom is 0.209 e. The van der Waals surface area contributed by atoms with Crippen LogP contribution in [-0.2, 0) is 22.4 Å². The Bertz CT molecular complexity index is 1740. The van der Waals surface area contributed by atoms with Gasteiger partial charge in [0.05, 0.1) is 5.56 Å². The van der Waals surface area contributed by atoms with E-state index in [4.69, 9.17) is 0 Å². The van der Waals surface area contributed by atoms with Gasteiger partial charge in [-0.15, -0.1) is 0 Å². The Morgan fingerprint density at radius 3 is 2.30 bits per heavy atom. The summed E-state index contributed by atoms with van der Waals surface area (Å²) in [5, 5.41) is 46.4. The van der Waals surface area contributed by atoms with Crippen molar-refractivity contribution in [2.24, 2.45) is 22.7 Å². The van der Waals surface area contributed by atoms with E-state index in [2.05, 4.69) is 19.1 Å². The van der Waals surface area contributed by atoms with Crippen molar-refractivity contribution in [2.75, 3.05) is 0 Å². The number of aromatic hydroxyl groups is 1. The van der Waals surface area contributed by atoms with Gasteiger partial charge < -0.3 is 20.4 Å². The predicted molar refractivity (Wildman–Crippen MR) is 176 cm³/mol. The van der Waals surface area contributed by atoms with Crippen LogP contribution in [0.5, 0.6) is 5.75 Å². The molecular formula is C39H46O7. The molecule has 1 fully saturated rings. The first kappa shape index (κ1) is 32.2. The molecule has 0 radical (unpaired) electrons. The van der Waals surface area contributed by atoms with Crippen molar-refractivity contribution < 1.29 is 34.8 Å². The van der Waals surface area contributed by atoms with Crippen molar-refractivity contribution in [3.8, 4) is 16.9 Å². The zero-order valence-electron chi connectivity index (χ0n) is 27.8. The minimum Gasteiger partial charge on any atom is -0.511 e. The molecule has 0 bridgehead atoms. The smallest absolute Gasteiger partial charge is 0.209 e. The fraction of sp³-hybridized carbons (Fsp3) is 0.513. The maximum absolute atomic E-state index is 14.6. The fourth-order valence-corrected chi connectivity index (χ4v) is 9.22. The highest BCUT2D eigenvalue weighted by Gasteiger charge is 2.67. The number of fused-ring (bicyclic) bond motifs is 3. The standard InChI is InChI=1S/C39H46O7/c1-20(2)26-16-27(25-9-7-8-24(15-25)14-23-12-10-21(3)11-13-23)33(42)31-28(26)17-37(5)19-38(6)18-29(41)30(22(4)40)35(44)39(38,46)36(45)32(37)34(31)43/h7-9,15-16,20-21,23,41-42,45-46H,10-14,17-19H2,1-6H3/t21?,23?,37-,38+,39+/m1/s1. The Kier molecular flexibility index (Phi) is 7.66. The Morgan fingerprint density at radius 1 is 1.00 bits per heavy atom. The first-order valence-corrected chi connectivity index (χ1v) is 16.7. The number of benzene rings is 2. The summed E-state index contributed by atoms with van der Waals surface area (Å²) < 4.78 is 0. The van der Waals surface area contributed by atoms with Crippen LogP contribution in [-0.4, -0.2) is 43.4 Å². The predicted octanol–water partition coefficient (Wildman–Crippen LogP) is 7.62. The molecule has 3 atom stereocenters. The summed E-state index contributed by atoms with van der Waals surface area (Å²) >= 11 is 0. The Balaban J connectivity index is 1.49. The van der Waals surface area contributed by atoms with Gasteiger partial charge in [-0.25, -0.2) is 0 Å². The van der Waals surface area contributed by atoms with Crippen molar-refractivity contribution in [2.45, 2.75) is 104 Å². The summed E-state index contributed by atoms with van der Waals surface area (Å²) in [7, 11) is 0. The summed E-state index contributed by atoms with van der Waals surface area (Å²) in [6.07, 6.45) is 6.00. The molecule has 4 N–H and O–H groups in total. The van der Waals surface area contributed by atoms with E-state index in [0.29, 0.717) is 17.0 Å². The average molecular weight is 627 g/mol. The number of allylic oxidation sites excluding steroid dienone is 2. The highest BCUT2D eigenvalue weighted by molar-refractivity contribution is 6.25. The van der Waals surface area contributed by atoms with Crippen molar-refractivity contribution in [1.82, 2.24) is 0 Å². The third-order valence-electron chi connectivity index (χ3n) is 11.6. The van der Waals surface area contributed by atoms with E-state index in [0.717, 1.165) is 30.4 Å². The van der Waals surface area contributed by atoms with Gasteiger partial charge >= 0.3 is 0 Å². The number of Topliss-reactive ketones (excluding diaryl/α,β-unsaturated/α-hetero) is 3. The Morgan fingerprint density at radius 2 is 1.67 bits per heavy atom. The first-order chi connectivity index (χ1) is 21.5. The van der Waals surface area contributed by atoms with Crippen molar-refractivity contribution in [3.05, 3.63) is 75.3 Å². The number of hydrogen-bond donors (Lipinski definition) is 4. The molecule has 1 saturated carbocycles. The number of ketones is 3. The molecule has 4 aliphatic rings. The molecule has 0 spiro atoms. The van der Waals surface area contributed by atoms with E-state index in [1.807, 2.05) is 39.0 Å². The van der Waals surface area contributed by atoms with Gasteiger partial charge in [0.2, 0.25) is 5.78 Å². The first-order valence-electron chi connectivity index (χ1n) is 16.7. The van der Waals surface area contributed by atoms with Crippen LogP contribution in [0, 0.1) is 22.7 Å². The van der Waals surface area contributed by atoms with Crippen LogP contribution < -0.4 is 0 Å². The molecule has 0 aromatic heterocycles. The molecule has 0 amide bonds. The number of aliphatic hydroxyl groups excluding tert-OH is 2. The van der Waals surface area contributed by atoms with Crippen molar-refractivity contribution >= 4 is 17.3 Å². The lowest BCUT2D eigenvalue weighted by atomic mass is 9.48. The summed E-state index contributed by atoms with van der Waals surface area (Å²) in [6, 6.07) is 10.1. The summed E-state index contributed by atoms with van der Waals surface area (Å²) in [5.74, 6) is -2.48. The van der Waals surface area contributed by atoms with Crippen LogP contribution >= 0.6 is 0 Å². The normalized spacial score (nSPS) is 31.1. The lowest BCUT2D eigenvalue weighted by molar-refractivity contribution is -0.159. The quantitative estimate of drug-likeness (QED) is 0.251. The SMILES string of the molecule is CC(=O)C1=C(O)C[C@@]2(C)C[C@@]3(C)Cc4c(C(C)C)cc(-c5cccc(CC6CCC(C)CC6)c5)c(O)c4C(=O)C3=C(O)[C@@]2(O)C1=O. The molecular weight excluding hydrogens is 580 g/mol. The molecule has 0 saturated heterocycles. The second-order valence-electron chi connectivity index (χ2n) is 15.5. The van der Waals surface area contributed by atoms with Gasteiger partial charge in [0.1, 0.15) is 22.8 Å². The van der Waals surface area contributed by atoms with Crippen molar-refractivity contribution in [1.29, 1.82) is 0 Å². The van der Waals surface area contributed by atoms with E-state index in [1.165, 1.54) is 31.2 Å². The van der Waals surface area contributed by atoms with Gasteiger partial charge in [-0.3, -0.25) is 14.4 Å². The van der Waals surface area contributed by atoms with Crippen LogP contribution in [0.3, 0.4) is 0 Å². The fourth-order valence-electron chi connectivity index (χ4n) is 9.22. The molecule has 244 valence electrons. The number of rotatable bonds is 5. The van der Waals surface area contributed by atoms with Crippen LogP contribution in [0.2, 0.25) is 0 Å². The number of carbonyl (C=O) groups is 3. The van der Waals surface area contributed by atoms with Crippen LogP contribution in [0.4, 0.5) is 0 Å². The largest absolute Gasteiger partial charge is 0.511 e. The zero-order valence-corrected chi connectivity index (χ0v) is 27.8. The minimum atomic E-state index is -2.58. The molecule has 7 nitrogen and oxygen atoms in total. The molecule has 7 heteroatoms. The van der Waals surface area contributed by atoms with Crippen LogP contribution in [0.1, 0.15) is 113 Å². The van der Waals surface area contributed by atoms with Crippen LogP contribution in [0.25, 0.3) is 11.1 Å². The Hall–Kier alpha value is -3.71. The van der Waals surface area contributed by atoms with Gasteiger partial charge in [-0.2, -0.15) is 0 Å². The second-order valence-corrected chi connectivity index (χ2v) is 15.5. The minimum absolute atomic E-state index is 0.00788. The average Bonchev–Trinajstić information content (AvgIpc) is 2.96. The number of phenolic OH excluding ortho intramolecular Hbond substituents is 1. The van der Waals surface area contributed by atoms with Gasteiger partial charge in [-0.05, 0) is 85.1 Å². The van der Waals surface area contributed by atoms with Gasteiger partial charge in [0, 0.05) is 28.4 Å². The third kappa shape index (κ3) is 4.68. The van der Waals surface area contributed by atoms with Gasteiger partial charge in [0.25, 0.3) is 0 Å². The highest BCUT2D eigenvalue weighted by atomic mass is 16.3. The summed E-state index contributed by atoms with van der Waals surface area (Å²) in [4.78, 5) is 40.6. The molecule has 4 aliphatic carbocycles. The zero-order chi connectivity index (χ0) is 33.5. The molecule has 0 heterocycles. The highest BCUT2D eigenvalue weighted by Crippen LogP contribution is 2.63. The molecule has 2 aromatic rings. The van der Waals surface area contributed by atoms with E-state index < -0.39 is 50.9 Å². The molecule has 6 rings (SSSR count). The molecule has 0 aliphatic heterocycles. The van der Waals surface area contributed by atoms with E-state index >= 15 is 0 Å². The number of phenols is 1. The van der Waals surface area contributed by atoms with E-state index in [9.17, 15) is 34.8 Å². The van der Waals surface area contributed by atoms with E-state index in [1.54, 1.807) is 6.92 Å². The maximum atomic E-state index is 14.6. The van der Waals surface area contributed by atoms with Gasteiger partial charge in [0.15, 0.2) is 17.2 Å². The summed E-state index contributed by atoms with van der Waals surface area (Å²) in [6.45, 7) is 10.9. The third-order valence-corrected chi connectivity index (χ3v) is 11.6.